The normalized spacial score (nSPS) is 10.6. The van der Waals surface area contributed by atoms with Crippen LogP contribution in [0.2, 0.25) is 0 Å². The van der Waals surface area contributed by atoms with Crippen molar-refractivity contribution in [3.8, 4) is 5.75 Å². The summed E-state index contributed by atoms with van der Waals surface area (Å²) < 4.78 is 5.56. The highest BCUT2D eigenvalue weighted by molar-refractivity contribution is 5.76. The van der Waals surface area contributed by atoms with E-state index >= 15 is 0 Å². The van der Waals surface area contributed by atoms with Gasteiger partial charge in [0.15, 0.2) is 0 Å². The lowest BCUT2D eigenvalue weighted by Crippen LogP contribution is -2.24. The molecule has 0 atom stereocenters. The van der Waals surface area contributed by atoms with Gasteiger partial charge in [0.2, 0.25) is 5.91 Å². The van der Waals surface area contributed by atoms with E-state index in [9.17, 15) is 4.79 Å². The zero-order chi connectivity index (χ0) is 14.8. The van der Waals surface area contributed by atoms with Crippen molar-refractivity contribution in [2.75, 3.05) is 13.2 Å². The van der Waals surface area contributed by atoms with E-state index in [0.717, 1.165) is 37.1 Å². The smallest absolute Gasteiger partial charge is 0.220 e. The van der Waals surface area contributed by atoms with Gasteiger partial charge in [-0.05, 0) is 43.7 Å². The minimum atomic E-state index is 0.125. The Labute approximate surface area is 122 Å². The number of hydrogen-bond acceptors (Lipinski definition) is 2. The van der Waals surface area contributed by atoms with Crippen LogP contribution in [0.1, 0.15) is 45.6 Å². The molecule has 0 aliphatic rings. The van der Waals surface area contributed by atoms with Crippen molar-refractivity contribution in [3.63, 3.8) is 0 Å². The molecule has 0 unspecified atom stereocenters. The van der Waals surface area contributed by atoms with E-state index in [1.54, 1.807) is 0 Å². The third-order valence-electron chi connectivity index (χ3n) is 3.17. The zero-order valence-electron chi connectivity index (χ0n) is 12.9. The number of rotatable bonds is 9. The maximum atomic E-state index is 11.8. The third-order valence-corrected chi connectivity index (χ3v) is 3.17. The minimum Gasteiger partial charge on any atom is -0.494 e. The number of benzene rings is 1. The molecular weight excluding hydrogens is 250 g/mol. The van der Waals surface area contributed by atoms with E-state index in [1.165, 1.54) is 0 Å². The standard InChI is InChI=1S/C17H27NO2/c1-4-20-16-10-6-5-9-15(16)11-12-17(19)18-13-7-8-14(2)3/h5-6,9-10,14H,4,7-8,11-13H2,1-3H3,(H,18,19). The van der Waals surface area contributed by atoms with Crippen LogP contribution in [0.4, 0.5) is 0 Å². The molecule has 1 aromatic rings. The summed E-state index contributed by atoms with van der Waals surface area (Å²) in [6.07, 6.45) is 3.46. The van der Waals surface area contributed by atoms with Gasteiger partial charge in [-0.15, -0.1) is 0 Å². The van der Waals surface area contributed by atoms with E-state index in [-0.39, 0.29) is 5.91 Å². The van der Waals surface area contributed by atoms with Crippen LogP contribution in [0, 0.1) is 5.92 Å². The molecule has 0 bridgehead atoms. The van der Waals surface area contributed by atoms with Gasteiger partial charge in [0.1, 0.15) is 5.75 Å². The Morgan fingerprint density at radius 2 is 2.05 bits per heavy atom. The molecule has 3 nitrogen and oxygen atoms in total. The highest BCUT2D eigenvalue weighted by Gasteiger charge is 2.06. The average Bonchev–Trinajstić information content (AvgIpc) is 2.43. The fourth-order valence-corrected chi connectivity index (χ4v) is 2.08. The molecule has 1 N–H and O–H groups in total. The largest absolute Gasteiger partial charge is 0.494 e. The summed E-state index contributed by atoms with van der Waals surface area (Å²) in [5.74, 6) is 1.72. The number of aryl methyl sites for hydroxylation is 1. The first-order valence-electron chi connectivity index (χ1n) is 7.60. The van der Waals surface area contributed by atoms with E-state index in [1.807, 2.05) is 31.2 Å². The van der Waals surface area contributed by atoms with Gasteiger partial charge in [-0.3, -0.25) is 4.79 Å². The quantitative estimate of drug-likeness (QED) is 0.701. The molecule has 20 heavy (non-hydrogen) atoms. The molecule has 0 aromatic heterocycles. The Balaban J connectivity index is 2.30. The molecular formula is C17H27NO2. The second-order valence-corrected chi connectivity index (χ2v) is 5.43. The average molecular weight is 277 g/mol. The van der Waals surface area contributed by atoms with Gasteiger partial charge >= 0.3 is 0 Å². The maximum absolute atomic E-state index is 11.8. The predicted molar refractivity (Wildman–Crippen MR) is 83.0 cm³/mol. The number of carbonyl (C=O) groups is 1. The first-order chi connectivity index (χ1) is 9.63. The van der Waals surface area contributed by atoms with Crippen LogP contribution < -0.4 is 10.1 Å². The number of hydrogen-bond donors (Lipinski definition) is 1. The van der Waals surface area contributed by atoms with Gasteiger partial charge in [-0.2, -0.15) is 0 Å². The molecule has 0 heterocycles. The molecule has 0 radical (unpaired) electrons. The Bertz CT molecular complexity index is 402. The van der Waals surface area contributed by atoms with Gasteiger partial charge in [0, 0.05) is 13.0 Å². The monoisotopic (exact) mass is 277 g/mol. The molecule has 0 aliphatic carbocycles. The highest BCUT2D eigenvalue weighted by atomic mass is 16.5. The Morgan fingerprint density at radius 1 is 1.30 bits per heavy atom. The van der Waals surface area contributed by atoms with Gasteiger partial charge in [-0.25, -0.2) is 0 Å². The van der Waals surface area contributed by atoms with Crippen LogP contribution in [-0.2, 0) is 11.2 Å². The Morgan fingerprint density at radius 3 is 2.75 bits per heavy atom. The maximum Gasteiger partial charge on any atom is 0.220 e. The van der Waals surface area contributed by atoms with Crippen molar-refractivity contribution in [1.29, 1.82) is 0 Å². The molecule has 0 spiro atoms. The van der Waals surface area contributed by atoms with Gasteiger partial charge in [0.05, 0.1) is 6.61 Å². The second-order valence-electron chi connectivity index (χ2n) is 5.43. The number of ether oxygens (including phenoxy) is 1. The number of nitrogens with one attached hydrogen (secondary N) is 1. The van der Waals surface area contributed by atoms with Crippen LogP contribution >= 0.6 is 0 Å². The fourth-order valence-electron chi connectivity index (χ4n) is 2.08. The zero-order valence-corrected chi connectivity index (χ0v) is 12.9. The summed E-state index contributed by atoms with van der Waals surface area (Å²) in [6, 6.07) is 7.93. The van der Waals surface area contributed by atoms with Crippen molar-refractivity contribution in [3.05, 3.63) is 29.8 Å². The lowest BCUT2D eigenvalue weighted by atomic mass is 10.1. The fraction of sp³-hybridized carbons (Fsp3) is 0.588. The first kappa shape index (κ1) is 16.5. The van der Waals surface area contributed by atoms with Crippen molar-refractivity contribution in [2.45, 2.75) is 46.5 Å². The van der Waals surface area contributed by atoms with Crippen molar-refractivity contribution < 1.29 is 9.53 Å². The SMILES string of the molecule is CCOc1ccccc1CCC(=O)NCCCC(C)C. The van der Waals surface area contributed by atoms with Gasteiger partial charge in [0.25, 0.3) is 0 Å². The number of carbonyl (C=O) groups excluding carboxylic acids is 1. The van der Waals surface area contributed by atoms with Crippen molar-refractivity contribution >= 4 is 5.91 Å². The van der Waals surface area contributed by atoms with Gasteiger partial charge < -0.3 is 10.1 Å². The highest BCUT2D eigenvalue weighted by Crippen LogP contribution is 2.19. The predicted octanol–water partition coefficient (Wildman–Crippen LogP) is 3.57. The molecule has 1 rings (SSSR count). The lowest BCUT2D eigenvalue weighted by molar-refractivity contribution is -0.121. The van der Waals surface area contributed by atoms with Crippen molar-refractivity contribution in [1.82, 2.24) is 5.32 Å². The Kier molecular flexibility index (Phi) is 7.78. The van der Waals surface area contributed by atoms with Crippen LogP contribution in [0.25, 0.3) is 0 Å². The van der Waals surface area contributed by atoms with E-state index < -0.39 is 0 Å². The molecule has 0 saturated carbocycles. The summed E-state index contributed by atoms with van der Waals surface area (Å²) >= 11 is 0. The topological polar surface area (TPSA) is 38.3 Å². The second kappa shape index (κ2) is 9.40. The van der Waals surface area contributed by atoms with Crippen LogP contribution in [-0.4, -0.2) is 19.1 Å². The van der Waals surface area contributed by atoms with E-state index in [0.29, 0.717) is 18.9 Å². The van der Waals surface area contributed by atoms with Crippen molar-refractivity contribution in [2.24, 2.45) is 5.92 Å². The van der Waals surface area contributed by atoms with Crippen LogP contribution in [0.15, 0.2) is 24.3 Å². The van der Waals surface area contributed by atoms with Gasteiger partial charge in [-0.1, -0.05) is 32.0 Å². The number of amides is 1. The summed E-state index contributed by atoms with van der Waals surface area (Å²) in [5, 5.41) is 2.98. The van der Waals surface area contributed by atoms with Crippen LogP contribution in [0.5, 0.6) is 5.75 Å². The Hall–Kier alpha value is -1.51. The molecule has 0 fully saturated rings. The first-order valence-corrected chi connectivity index (χ1v) is 7.60. The summed E-state index contributed by atoms with van der Waals surface area (Å²) in [4.78, 5) is 11.8. The summed E-state index contributed by atoms with van der Waals surface area (Å²) in [5.41, 5.74) is 1.10. The molecule has 0 saturated heterocycles. The minimum absolute atomic E-state index is 0.125. The summed E-state index contributed by atoms with van der Waals surface area (Å²) in [6.45, 7) is 7.81. The van der Waals surface area contributed by atoms with E-state index in [4.69, 9.17) is 4.74 Å². The molecule has 112 valence electrons. The third kappa shape index (κ3) is 6.60. The number of para-hydroxylation sites is 1. The molecule has 1 amide bonds. The molecule has 0 aliphatic heterocycles. The van der Waals surface area contributed by atoms with Crippen LogP contribution in [0.3, 0.4) is 0 Å². The summed E-state index contributed by atoms with van der Waals surface area (Å²) in [7, 11) is 0. The molecule has 3 heteroatoms. The molecule has 1 aromatic carbocycles. The van der Waals surface area contributed by atoms with E-state index in [2.05, 4.69) is 19.2 Å². The lowest BCUT2D eigenvalue weighted by Gasteiger charge is -2.10.